The van der Waals surface area contributed by atoms with Gasteiger partial charge in [-0.3, -0.25) is 4.79 Å². The second-order valence-corrected chi connectivity index (χ2v) is 10.1. The van der Waals surface area contributed by atoms with E-state index in [2.05, 4.69) is 32.9 Å². The summed E-state index contributed by atoms with van der Waals surface area (Å²) in [4.78, 5) is 17.6. The maximum atomic E-state index is 12.5. The number of carbonyl (C=O) groups excluding carboxylic acids is 1. The zero-order valence-electron chi connectivity index (χ0n) is 18.6. The lowest BCUT2D eigenvalue weighted by Gasteiger charge is -2.15. The molecule has 1 saturated heterocycles. The Kier molecular flexibility index (Phi) is 8.18. The van der Waals surface area contributed by atoms with Crippen LogP contribution < -0.4 is 14.8 Å². The Morgan fingerprint density at radius 1 is 1.09 bits per heavy atom. The normalized spacial score (nSPS) is 15.6. The van der Waals surface area contributed by atoms with Gasteiger partial charge in [0, 0.05) is 5.02 Å². The molecular weight excluding hydrogens is 583 g/mol. The second-order valence-electron chi connectivity index (χ2n) is 7.50. The van der Waals surface area contributed by atoms with Gasteiger partial charge in [-0.25, -0.2) is 4.99 Å². The van der Waals surface area contributed by atoms with Gasteiger partial charge in [0.1, 0.15) is 6.61 Å². The smallest absolute Gasteiger partial charge is 0.264 e. The molecule has 0 aliphatic carbocycles. The predicted molar refractivity (Wildman–Crippen MR) is 148 cm³/mol. The van der Waals surface area contributed by atoms with Gasteiger partial charge in [-0.1, -0.05) is 41.4 Å². The third-order valence-corrected chi connectivity index (χ3v) is 6.80. The Morgan fingerprint density at radius 3 is 2.53 bits per heavy atom. The number of benzene rings is 3. The standard InChI is InChI=1S/C26H22ClIN2O3S/c1-3-32-22-13-18(12-21(28)24(22)33-15-17-6-8-19(27)9-7-17)14-23-25(31)30-26(34-23)29-20-10-4-16(2)5-11-20/h4-14H,3,15H2,1-2H3,(H,29,30,31)/b23-14+. The monoisotopic (exact) mass is 604 g/mol. The van der Waals surface area contributed by atoms with Gasteiger partial charge >= 0.3 is 0 Å². The van der Waals surface area contributed by atoms with E-state index in [1.807, 2.05) is 80.6 Å². The molecule has 0 atom stereocenters. The van der Waals surface area contributed by atoms with Crippen molar-refractivity contribution in [2.24, 2.45) is 4.99 Å². The SMILES string of the molecule is CCOc1cc(/C=C2/SC(=Nc3ccc(C)cc3)NC2=O)cc(I)c1OCc1ccc(Cl)cc1. The summed E-state index contributed by atoms with van der Waals surface area (Å²) >= 11 is 9.51. The molecule has 1 N–H and O–H groups in total. The van der Waals surface area contributed by atoms with E-state index in [1.165, 1.54) is 11.8 Å². The first-order chi connectivity index (χ1) is 16.4. The van der Waals surface area contributed by atoms with Gasteiger partial charge in [0.2, 0.25) is 0 Å². The molecule has 4 rings (SSSR count). The quantitative estimate of drug-likeness (QED) is 0.230. The van der Waals surface area contributed by atoms with E-state index < -0.39 is 0 Å². The third kappa shape index (κ3) is 6.34. The van der Waals surface area contributed by atoms with Crippen LogP contribution in [0.1, 0.15) is 23.6 Å². The highest BCUT2D eigenvalue weighted by molar-refractivity contribution is 14.1. The van der Waals surface area contributed by atoms with Gasteiger partial charge < -0.3 is 14.8 Å². The average molecular weight is 605 g/mol. The topological polar surface area (TPSA) is 59.9 Å². The number of halogens is 2. The molecular formula is C26H22ClIN2O3S. The van der Waals surface area contributed by atoms with Crippen LogP contribution in [-0.4, -0.2) is 17.7 Å². The first-order valence-electron chi connectivity index (χ1n) is 10.6. The zero-order chi connectivity index (χ0) is 24.1. The molecule has 174 valence electrons. The van der Waals surface area contributed by atoms with Gasteiger partial charge in [0.15, 0.2) is 16.7 Å². The number of ether oxygens (including phenoxy) is 2. The number of amides is 1. The summed E-state index contributed by atoms with van der Waals surface area (Å²) in [6.45, 7) is 4.84. The van der Waals surface area contributed by atoms with Crippen LogP contribution in [-0.2, 0) is 11.4 Å². The summed E-state index contributed by atoms with van der Waals surface area (Å²) in [5.74, 6) is 1.13. The first kappa shape index (κ1) is 24.6. The van der Waals surface area contributed by atoms with Gasteiger partial charge in [-0.2, -0.15) is 0 Å². The lowest BCUT2D eigenvalue weighted by Crippen LogP contribution is -2.19. The molecule has 0 bridgehead atoms. The Balaban J connectivity index is 1.54. The number of nitrogens with one attached hydrogen (secondary N) is 1. The minimum absolute atomic E-state index is 0.174. The first-order valence-corrected chi connectivity index (χ1v) is 12.9. The van der Waals surface area contributed by atoms with Crippen LogP contribution >= 0.6 is 46.0 Å². The van der Waals surface area contributed by atoms with E-state index in [0.717, 1.165) is 25.9 Å². The summed E-state index contributed by atoms with van der Waals surface area (Å²) in [5, 5.41) is 4.08. The van der Waals surface area contributed by atoms with E-state index in [9.17, 15) is 4.79 Å². The number of rotatable bonds is 7. The Morgan fingerprint density at radius 2 is 1.82 bits per heavy atom. The minimum Gasteiger partial charge on any atom is -0.490 e. The number of carbonyl (C=O) groups is 1. The van der Waals surface area contributed by atoms with Crippen molar-refractivity contribution >= 4 is 68.8 Å². The van der Waals surface area contributed by atoms with Crippen LogP contribution in [0, 0.1) is 10.5 Å². The highest BCUT2D eigenvalue weighted by Crippen LogP contribution is 2.37. The fourth-order valence-corrected chi connectivity index (χ4v) is 4.93. The number of nitrogens with zero attached hydrogens (tertiary/aromatic N) is 1. The molecule has 0 unspecified atom stereocenters. The lowest BCUT2D eigenvalue weighted by atomic mass is 10.2. The summed E-state index contributed by atoms with van der Waals surface area (Å²) in [6.07, 6.45) is 1.84. The van der Waals surface area contributed by atoms with E-state index in [0.29, 0.717) is 39.8 Å². The Labute approximate surface area is 221 Å². The van der Waals surface area contributed by atoms with Gasteiger partial charge in [0.05, 0.1) is 20.8 Å². The largest absolute Gasteiger partial charge is 0.490 e. The van der Waals surface area contributed by atoms with E-state index in [-0.39, 0.29) is 5.91 Å². The molecule has 3 aromatic rings. The van der Waals surface area contributed by atoms with E-state index >= 15 is 0 Å². The molecule has 34 heavy (non-hydrogen) atoms. The van der Waals surface area contributed by atoms with Crippen LogP contribution in [0.2, 0.25) is 5.02 Å². The molecule has 1 fully saturated rings. The van der Waals surface area contributed by atoms with Crippen LogP contribution in [0.5, 0.6) is 11.5 Å². The van der Waals surface area contributed by atoms with Crippen molar-refractivity contribution in [3.63, 3.8) is 0 Å². The maximum Gasteiger partial charge on any atom is 0.264 e. The second kappa shape index (κ2) is 11.3. The van der Waals surface area contributed by atoms with Crippen molar-refractivity contribution in [2.45, 2.75) is 20.5 Å². The van der Waals surface area contributed by atoms with Gasteiger partial charge in [-0.15, -0.1) is 0 Å². The fourth-order valence-electron chi connectivity index (χ4n) is 3.18. The lowest BCUT2D eigenvalue weighted by molar-refractivity contribution is -0.115. The number of aryl methyl sites for hydroxylation is 1. The third-order valence-electron chi connectivity index (χ3n) is 4.84. The maximum absolute atomic E-state index is 12.5. The van der Waals surface area contributed by atoms with Crippen molar-refractivity contribution in [2.75, 3.05) is 6.61 Å². The summed E-state index contributed by atoms with van der Waals surface area (Å²) in [7, 11) is 0. The zero-order valence-corrected chi connectivity index (χ0v) is 22.3. The van der Waals surface area contributed by atoms with Crippen LogP contribution in [0.4, 0.5) is 5.69 Å². The molecule has 0 saturated carbocycles. The molecule has 1 amide bonds. The highest BCUT2D eigenvalue weighted by Gasteiger charge is 2.24. The van der Waals surface area contributed by atoms with Crippen LogP contribution in [0.15, 0.2) is 70.6 Å². The number of aliphatic imine (C=N–C) groups is 1. The number of thioether (sulfide) groups is 1. The average Bonchev–Trinajstić information content (AvgIpc) is 3.14. The van der Waals surface area contributed by atoms with Crippen LogP contribution in [0.25, 0.3) is 6.08 Å². The van der Waals surface area contributed by atoms with Crippen molar-refractivity contribution in [3.05, 3.63) is 90.9 Å². The summed E-state index contributed by atoms with van der Waals surface area (Å²) in [6, 6.07) is 19.2. The molecule has 1 heterocycles. The number of hydrogen-bond donors (Lipinski definition) is 1. The van der Waals surface area contributed by atoms with Crippen molar-refractivity contribution < 1.29 is 14.3 Å². The molecule has 8 heteroatoms. The molecule has 0 spiro atoms. The number of hydrogen-bond acceptors (Lipinski definition) is 5. The van der Waals surface area contributed by atoms with Gasteiger partial charge in [0.25, 0.3) is 5.91 Å². The van der Waals surface area contributed by atoms with E-state index in [4.69, 9.17) is 21.1 Å². The van der Waals surface area contributed by atoms with Crippen LogP contribution in [0.3, 0.4) is 0 Å². The minimum atomic E-state index is -0.174. The molecule has 0 aromatic heterocycles. The van der Waals surface area contributed by atoms with Crippen molar-refractivity contribution in [1.29, 1.82) is 0 Å². The summed E-state index contributed by atoms with van der Waals surface area (Å²) < 4.78 is 12.8. The van der Waals surface area contributed by atoms with Gasteiger partial charge in [-0.05, 0) is 102 Å². The number of amidine groups is 1. The summed E-state index contributed by atoms with van der Waals surface area (Å²) in [5.41, 5.74) is 3.81. The van der Waals surface area contributed by atoms with E-state index in [1.54, 1.807) is 0 Å². The molecule has 3 aromatic carbocycles. The molecule has 5 nitrogen and oxygen atoms in total. The Bertz CT molecular complexity index is 1260. The van der Waals surface area contributed by atoms with Crippen molar-refractivity contribution in [1.82, 2.24) is 5.32 Å². The molecule has 1 aliphatic heterocycles. The fraction of sp³-hybridized carbons (Fsp3) is 0.154. The predicted octanol–water partition coefficient (Wildman–Crippen LogP) is 7.12. The Hall–Kier alpha value is -2.49. The molecule has 0 radical (unpaired) electrons. The molecule has 1 aliphatic rings. The highest BCUT2D eigenvalue weighted by atomic mass is 127. The van der Waals surface area contributed by atoms with Crippen molar-refractivity contribution in [3.8, 4) is 11.5 Å².